The summed E-state index contributed by atoms with van der Waals surface area (Å²) in [5.74, 6) is -1.42. The molecule has 0 aromatic carbocycles. The van der Waals surface area contributed by atoms with Gasteiger partial charge in [0.05, 0.1) is 6.10 Å². The number of hydrogen-bond donors (Lipinski definition) is 0. The molecule has 7 heteroatoms. The van der Waals surface area contributed by atoms with Crippen LogP contribution in [0, 0.1) is 0 Å². The Hall–Kier alpha value is -1.04. The summed E-state index contributed by atoms with van der Waals surface area (Å²) in [4.78, 5) is 6.49. The van der Waals surface area contributed by atoms with Crippen molar-refractivity contribution in [2.24, 2.45) is 0 Å². The molecule has 0 saturated heterocycles. The third kappa shape index (κ3) is 5.94. The standard InChI is InChI=1S/C13H18ClF3N2O/c1-3-4-5-6-7-9(2)20-11-8-10(14)18-12(19-11)13(15,16)17/h8-9H,3-7H2,1-2H3. The monoisotopic (exact) mass is 310 g/mol. The Bertz CT molecular complexity index is 427. The SMILES string of the molecule is CCCCCCC(C)Oc1cc(Cl)nc(C(F)(F)F)n1. The van der Waals surface area contributed by atoms with Crippen LogP contribution in [0.15, 0.2) is 6.07 Å². The summed E-state index contributed by atoms with van der Waals surface area (Å²) in [7, 11) is 0. The topological polar surface area (TPSA) is 35.0 Å². The Balaban J connectivity index is 2.61. The molecule has 1 heterocycles. The molecule has 0 amide bonds. The molecule has 0 N–H and O–H groups in total. The lowest BCUT2D eigenvalue weighted by Crippen LogP contribution is -2.16. The highest BCUT2D eigenvalue weighted by Gasteiger charge is 2.35. The van der Waals surface area contributed by atoms with Crippen LogP contribution < -0.4 is 4.74 Å². The first-order valence-corrected chi connectivity index (χ1v) is 6.99. The molecular weight excluding hydrogens is 293 g/mol. The summed E-state index contributed by atoms with van der Waals surface area (Å²) in [6, 6.07) is 1.19. The van der Waals surface area contributed by atoms with E-state index in [1.807, 2.05) is 0 Å². The van der Waals surface area contributed by atoms with E-state index in [0.717, 1.165) is 32.1 Å². The van der Waals surface area contributed by atoms with Crippen LogP contribution in [-0.4, -0.2) is 16.1 Å². The second-order valence-electron chi connectivity index (χ2n) is 4.63. The molecule has 0 aliphatic rings. The van der Waals surface area contributed by atoms with Crippen molar-refractivity contribution < 1.29 is 17.9 Å². The lowest BCUT2D eigenvalue weighted by molar-refractivity contribution is -0.145. The highest BCUT2D eigenvalue weighted by Crippen LogP contribution is 2.29. The first kappa shape index (κ1) is 17.0. The number of aromatic nitrogens is 2. The molecule has 1 aromatic rings. The van der Waals surface area contributed by atoms with E-state index in [4.69, 9.17) is 16.3 Å². The highest BCUT2D eigenvalue weighted by molar-refractivity contribution is 6.29. The summed E-state index contributed by atoms with van der Waals surface area (Å²) in [6.07, 6.45) is 0.258. The lowest BCUT2D eigenvalue weighted by Gasteiger charge is -2.15. The summed E-state index contributed by atoms with van der Waals surface area (Å²) in [5, 5.41) is -0.277. The van der Waals surface area contributed by atoms with Crippen LogP contribution in [0.3, 0.4) is 0 Å². The zero-order valence-corrected chi connectivity index (χ0v) is 12.3. The second kappa shape index (κ2) is 7.67. The minimum atomic E-state index is -4.63. The number of unbranched alkanes of at least 4 members (excludes halogenated alkanes) is 3. The van der Waals surface area contributed by atoms with Crippen LogP contribution >= 0.6 is 11.6 Å². The van der Waals surface area contributed by atoms with Crippen molar-refractivity contribution in [1.82, 2.24) is 9.97 Å². The van der Waals surface area contributed by atoms with Crippen LogP contribution in [0.1, 0.15) is 51.8 Å². The molecule has 1 atom stereocenters. The molecule has 0 fully saturated rings. The fourth-order valence-corrected chi connectivity index (χ4v) is 1.88. The number of hydrogen-bond acceptors (Lipinski definition) is 3. The van der Waals surface area contributed by atoms with Gasteiger partial charge in [-0.2, -0.15) is 18.2 Å². The normalized spacial score (nSPS) is 13.3. The van der Waals surface area contributed by atoms with Crippen molar-refractivity contribution in [2.45, 2.75) is 58.2 Å². The van der Waals surface area contributed by atoms with E-state index < -0.39 is 12.0 Å². The predicted molar refractivity (Wildman–Crippen MR) is 70.9 cm³/mol. The molecule has 1 rings (SSSR count). The second-order valence-corrected chi connectivity index (χ2v) is 5.02. The van der Waals surface area contributed by atoms with Gasteiger partial charge in [0.1, 0.15) is 5.15 Å². The largest absolute Gasteiger partial charge is 0.475 e. The maximum Gasteiger partial charge on any atom is 0.451 e. The smallest absolute Gasteiger partial charge is 0.451 e. The Morgan fingerprint density at radius 3 is 2.55 bits per heavy atom. The molecule has 0 radical (unpaired) electrons. The van der Waals surface area contributed by atoms with Gasteiger partial charge in [-0.25, -0.2) is 4.98 Å². The van der Waals surface area contributed by atoms with Crippen molar-refractivity contribution in [2.75, 3.05) is 0 Å². The van der Waals surface area contributed by atoms with Crippen LogP contribution in [0.4, 0.5) is 13.2 Å². The number of halogens is 4. The van der Waals surface area contributed by atoms with Crippen molar-refractivity contribution in [1.29, 1.82) is 0 Å². The fourth-order valence-electron chi connectivity index (χ4n) is 1.71. The van der Waals surface area contributed by atoms with Crippen LogP contribution in [0.25, 0.3) is 0 Å². The van der Waals surface area contributed by atoms with Crippen molar-refractivity contribution in [3.63, 3.8) is 0 Å². The van der Waals surface area contributed by atoms with Crippen LogP contribution in [0.2, 0.25) is 5.15 Å². The lowest BCUT2D eigenvalue weighted by atomic mass is 10.1. The molecular formula is C13H18ClF3N2O. The number of alkyl halides is 3. The van der Waals surface area contributed by atoms with Gasteiger partial charge in [-0.15, -0.1) is 0 Å². The molecule has 0 aliphatic heterocycles. The third-order valence-corrected chi connectivity index (χ3v) is 2.90. The number of ether oxygens (including phenoxy) is 1. The third-order valence-electron chi connectivity index (χ3n) is 2.71. The number of nitrogens with zero attached hydrogens (tertiary/aromatic N) is 2. The maximum absolute atomic E-state index is 12.5. The Kier molecular flexibility index (Phi) is 6.52. The molecule has 0 spiro atoms. The summed E-state index contributed by atoms with van der Waals surface area (Å²) < 4.78 is 43.0. The molecule has 114 valence electrons. The van der Waals surface area contributed by atoms with E-state index in [9.17, 15) is 13.2 Å². The maximum atomic E-state index is 12.5. The molecule has 1 unspecified atom stereocenters. The van der Waals surface area contributed by atoms with Crippen molar-refractivity contribution in [3.8, 4) is 5.88 Å². The van der Waals surface area contributed by atoms with Gasteiger partial charge < -0.3 is 4.74 Å². The Labute approximate surface area is 121 Å². The Morgan fingerprint density at radius 1 is 1.25 bits per heavy atom. The van der Waals surface area contributed by atoms with Crippen molar-refractivity contribution in [3.05, 3.63) is 17.0 Å². The van der Waals surface area contributed by atoms with Gasteiger partial charge in [0.15, 0.2) is 0 Å². The molecule has 1 aromatic heterocycles. The quantitative estimate of drug-likeness (QED) is 0.531. The van der Waals surface area contributed by atoms with Gasteiger partial charge in [-0.1, -0.05) is 37.8 Å². The van der Waals surface area contributed by atoms with Crippen molar-refractivity contribution >= 4 is 11.6 Å². The first-order chi connectivity index (χ1) is 9.32. The fraction of sp³-hybridized carbons (Fsp3) is 0.692. The minimum absolute atomic E-state index is 0.139. The van der Waals surface area contributed by atoms with Crippen LogP contribution in [0.5, 0.6) is 5.88 Å². The average molecular weight is 311 g/mol. The summed E-state index contributed by atoms with van der Waals surface area (Å²) in [5.41, 5.74) is 0. The van der Waals surface area contributed by atoms with Crippen LogP contribution in [-0.2, 0) is 6.18 Å². The zero-order chi connectivity index (χ0) is 15.2. The van der Waals surface area contributed by atoms with E-state index in [1.54, 1.807) is 6.92 Å². The van der Waals surface area contributed by atoms with Gasteiger partial charge in [-0.05, 0) is 19.8 Å². The van der Waals surface area contributed by atoms with E-state index >= 15 is 0 Å². The minimum Gasteiger partial charge on any atom is -0.475 e. The summed E-state index contributed by atoms with van der Waals surface area (Å²) in [6.45, 7) is 3.91. The summed E-state index contributed by atoms with van der Waals surface area (Å²) >= 11 is 5.55. The molecule has 0 saturated carbocycles. The van der Waals surface area contributed by atoms with E-state index in [2.05, 4.69) is 16.9 Å². The van der Waals surface area contributed by atoms with E-state index in [1.165, 1.54) is 6.07 Å². The van der Waals surface area contributed by atoms with E-state index in [-0.39, 0.29) is 17.1 Å². The molecule has 0 bridgehead atoms. The Morgan fingerprint density at radius 2 is 1.95 bits per heavy atom. The zero-order valence-electron chi connectivity index (χ0n) is 11.5. The highest BCUT2D eigenvalue weighted by atomic mass is 35.5. The first-order valence-electron chi connectivity index (χ1n) is 6.61. The number of rotatable bonds is 7. The molecule has 0 aliphatic carbocycles. The average Bonchev–Trinajstić information content (AvgIpc) is 2.33. The predicted octanol–water partition coefficient (Wildman–Crippen LogP) is 4.89. The van der Waals surface area contributed by atoms with Gasteiger partial charge in [0.25, 0.3) is 0 Å². The molecule has 20 heavy (non-hydrogen) atoms. The van der Waals surface area contributed by atoms with E-state index in [0.29, 0.717) is 0 Å². The van der Waals surface area contributed by atoms with Gasteiger partial charge in [0, 0.05) is 6.07 Å². The molecule has 3 nitrogen and oxygen atoms in total. The van der Waals surface area contributed by atoms with Gasteiger partial charge in [0.2, 0.25) is 11.7 Å². The van der Waals surface area contributed by atoms with Gasteiger partial charge in [-0.3, -0.25) is 0 Å². The van der Waals surface area contributed by atoms with Gasteiger partial charge >= 0.3 is 6.18 Å².